The van der Waals surface area contributed by atoms with Crippen molar-refractivity contribution < 1.29 is 24.7 Å². The molecule has 21 heavy (non-hydrogen) atoms. The zero-order chi connectivity index (χ0) is 16.3. The number of carbonyl (C=O) groups is 1. The molecule has 4 unspecified atom stereocenters. The molecule has 1 heterocycles. The molecule has 0 bridgehead atoms. The molecule has 2 aliphatic rings. The van der Waals surface area contributed by atoms with Crippen molar-refractivity contribution in [3.63, 3.8) is 0 Å². The van der Waals surface area contributed by atoms with E-state index in [1.54, 1.807) is 0 Å². The molecule has 2 rings (SSSR count). The predicted octanol–water partition coefficient (Wildman–Crippen LogP) is -0.946. The van der Waals surface area contributed by atoms with Crippen LogP contribution in [0.5, 0.6) is 0 Å². The van der Waals surface area contributed by atoms with Crippen molar-refractivity contribution in [2.45, 2.75) is 25.5 Å². The van der Waals surface area contributed by atoms with E-state index >= 15 is 0 Å². The number of quaternary nitrogens is 1. The number of hydrogen-bond acceptors (Lipinski definition) is 7. The van der Waals surface area contributed by atoms with Gasteiger partial charge < -0.3 is 15.2 Å². The highest BCUT2D eigenvalue weighted by Crippen LogP contribution is 2.89. The fourth-order valence-electron chi connectivity index (χ4n) is 4.13. The molecule has 2 fully saturated rings. The average Bonchev–Trinajstić information content (AvgIpc) is 3.00. The van der Waals surface area contributed by atoms with Crippen molar-refractivity contribution in [1.82, 2.24) is 0 Å². The maximum Gasteiger partial charge on any atom is 0.340 e. The molecule has 1 saturated heterocycles. The van der Waals surface area contributed by atoms with Gasteiger partial charge in [-0.2, -0.15) is 15.8 Å². The standard InChI is InChI=1S/C13H14N4O4/c1-8(18)12-9(2,19-3)21-13(17,20-4)11(12,7-16)10(12,5-14)6-15/h17H2,1-4H3/p+1. The van der Waals surface area contributed by atoms with Crippen molar-refractivity contribution in [3.05, 3.63) is 0 Å². The molecule has 4 atom stereocenters. The lowest BCUT2D eigenvalue weighted by Gasteiger charge is -2.34. The summed E-state index contributed by atoms with van der Waals surface area (Å²) >= 11 is 0. The number of nitriles is 3. The molecule has 0 amide bonds. The van der Waals surface area contributed by atoms with Crippen LogP contribution in [0.4, 0.5) is 0 Å². The molecule has 8 heteroatoms. The number of fused-ring (bicyclic) bond motifs is 1. The Labute approximate surface area is 121 Å². The van der Waals surface area contributed by atoms with Crippen LogP contribution in [0.15, 0.2) is 0 Å². The topological polar surface area (TPSA) is 144 Å². The molecule has 8 nitrogen and oxygen atoms in total. The monoisotopic (exact) mass is 291 g/mol. The number of hydrogen-bond donors (Lipinski definition) is 1. The molecule has 0 aromatic carbocycles. The van der Waals surface area contributed by atoms with E-state index in [-0.39, 0.29) is 0 Å². The molecule has 110 valence electrons. The first-order valence-electron chi connectivity index (χ1n) is 6.11. The van der Waals surface area contributed by atoms with Gasteiger partial charge in [-0.25, -0.2) is 0 Å². The summed E-state index contributed by atoms with van der Waals surface area (Å²) in [5.74, 6) is -4.11. The van der Waals surface area contributed by atoms with Gasteiger partial charge in [0.25, 0.3) is 0 Å². The zero-order valence-electron chi connectivity index (χ0n) is 12.2. The van der Waals surface area contributed by atoms with Crippen LogP contribution in [-0.4, -0.2) is 31.7 Å². The summed E-state index contributed by atoms with van der Waals surface area (Å²) in [6.45, 7) is 2.60. The molecule has 1 aliphatic carbocycles. The lowest BCUT2D eigenvalue weighted by Crippen LogP contribution is -2.79. The van der Waals surface area contributed by atoms with Crippen molar-refractivity contribution in [2.75, 3.05) is 14.2 Å². The van der Waals surface area contributed by atoms with Crippen LogP contribution in [-0.2, 0) is 19.0 Å². The Kier molecular flexibility index (Phi) is 2.77. The minimum absolute atomic E-state index is 0.556. The van der Waals surface area contributed by atoms with Crippen LogP contribution in [0.1, 0.15) is 13.8 Å². The van der Waals surface area contributed by atoms with Crippen LogP contribution < -0.4 is 5.73 Å². The SMILES string of the molecule is COC1(C)OC([NH3+])(OC)C2(C#N)C(C#N)(C#N)C12C(C)=O. The fraction of sp³-hybridized carbons (Fsp3) is 0.692. The van der Waals surface area contributed by atoms with E-state index in [1.807, 2.05) is 18.2 Å². The second-order valence-electron chi connectivity index (χ2n) is 5.35. The van der Waals surface area contributed by atoms with Gasteiger partial charge in [-0.1, -0.05) is 0 Å². The maximum absolute atomic E-state index is 12.4. The average molecular weight is 291 g/mol. The van der Waals surface area contributed by atoms with Gasteiger partial charge in [0, 0.05) is 14.2 Å². The van der Waals surface area contributed by atoms with E-state index in [0.29, 0.717) is 0 Å². The highest BCUT2D eigenvalue weighted by atomic mass is 16.8. The zero-order valence-corrected chi connectivity index (χ0v) is 12.2. The normalized spacial score (nSPS) is 45.8. The number of rotatable bonds is 3. The summed E-state index contributed by atoms with van der Waals surface area (Å²) < 4.78 is 16.1. The lowest BCUT2D eigenvalue weighted by atomic mass is 9.82. The van der Waals surface area contributed by atoms with Crippen molar-refractivity contribution in [1.29, 1.82) is 15.8 Å². The second kappa shape index (κ2) is 3.79. The Morgan fingerprint density at radius 3 is 1.95 bits per heavy atom. The van der Waals surface area contributed by atoms with Crippen LogP contribution in [0.3, 0.4) is 0 Å². The lowest BCUT2D eigenvalue weighted by molar-refractivity contribution is -0.653. The third kappa shape index (κ3) is 0.994. The van der Waals surface area contributed by atoms with E-state index in [1.165, 1.54) is 28.1 Å². The smallest absolute Gasteiger partial charge is 0.340 e. The van der Waals surface area contributed by atoms with Crippen LogP contribution in [0.25, 0.3) is 0 Å². The third-order valence-electron chi connectivity index (χ3n) is 4.99. The van der Waals surface area contributed by atoms with Gasteiger partial charge in [0.2, 0.25) is 5.41 Å². The first-order chi connectivity index (χ1) is 9.70. The van der Waals surface area contributed by atoms with Gasteiger partial charge >= 0.3 is 5.91 Å². The van der Waals surface area contributed by atoms with Crippen molar-refractivity contribution >= 4 is 5.78 Å². The van der Waals surface area contributed by atoms with Gasteiger partial charge in [0.05, 0.1) is 18.2 Å². The number of carbonyl (C=O) groups excluding carboxylic acids is 1. The molecular formula is C13H15N4O4+. The summed E-state index contributed by atoms with van der Waals surface area (Å²) in [6.07, 6.45) is 0. The van der Waals surface area contributed by atoms with E-state index in [0.717, 1.165) is 0 Å². The minimum atomic E-state index is -1.96. The second-order valence-corrected chi connectivity index (χ2v) is 5.35. The van der Waals surface area contributed by atoms with Gasteiger partial charge in [-0.3, -0.25) is 9.53 Å². The van der Waals surface area contributed by atoms with Crippen LogP contribution in [0.2, 0.25) is 0 Å². The Balaban J connectivity index is 2.97. The Bertz CT molecular complexity index is 645. The largest absolute Gasteiger partial charge is 0.352 e. The van der Waals surface area contributed by atoms with Crippen molar-refractivity contribution in [3.8, 4) is 18.2 Å². The minimum Gasteiger partial charge on any atom is -0.352 e. The van der Waals surface area contributed by atoms with Crippen LogP contribution in [0, 0.1) is 50.2 Å². The van der Waals surface area contributed by atoms with Crippen LogP contribution >= 0.6 is 0 Å². The summed E-state index contributed by atoms with van der Waals surface area (Å²) in [6, 6.07) is 5.53. The summed E-state index contributed by atoms with van der Waals surface area (Å²) in [4.78, 5) is 12.4. The van der Waals surface area contributed by atoms with Gasteiger partial charge in [0.1, 0.15) is 11.2 Å². The maximum atomic E-state index is 12.4. The molecule has 1 saturated carbocycles. The van der Waals surface area contributed by atoms with E-state index < -0.39 is 33.7 Å². The molecular weight excluding hydrogens is 276 g/mol. The first-order valence-corrected chi connectivity index (χ1v) is 6.11. The molecule has 0 radical (unpaired) electrons. The summed E-state index contributed by atoms with van der Waals surface area (Å²) in [7, 11) is 2.50. The van der Waals surface area contributed by atoms with Crippen molar-refractivity contribution in [2.24, 2.45) is 16.2 Å². The third-order valence-corrected chi connectivity index (χ3v) is 4.99. The van der Waals surface area contributed by atoms with Gasteiger partial charge in [-0.05, 0) is 13.8 Å². The predicted molar refractivity (Wildman–Crippen MR) is 63.9 cm³/mol. The Morgan fingerprint density at radius 1 is 1.14 bits per heavy atom. The molecule has 0 aromatic rings. The van der Waals surface area contributed by atoms with Gasteiger partial charge in [0.15, 0.2) is 11.2 Å². The Hall–Kier alpha value is -2.02. The Morgan fingerprint density at radius 2 is 1.67 bits per heavy atom. The summed E-state index contributed by atoms with van der Waals surface area (Å²) in [5.41, 5.74) is -1.91. The number of ketones is 1. The number of nitrogens with zero attached hydrogens (tertiary/aromatic N) is 3. The summed E-state index contributed by atoms with van der Waals surface area (Å²) in [5, 5.41) is 28.8. The number of methoxy groups -OCH3 is 2. The highest BCUT2D eigenvalue weighted by molar-refractivity contribution is 5.95. The quantitative estimate of drug-likeness (QED) is 0.660. The molecule has 0 spiro atoms. The van der Waals surface area contributed by atoms with Gasteiger partial charge in [-0.15, -0.1) is 0 Å². The molecule has 0 aromatic heterocycles. The van der Waals surface area contributed by atoms with E-state index in [4.69, 9.17) is 14.2 Å². The van der Waals surface area contributed by atoms with E-state index in [2.05, 4.69) is 5.73 Å². The van der Waals surface area contributed by atoms with E-state index in [9.17, 15) is 20.6 Å². The molecule has 1 aliphatic heterocycles. The first kappa shape index (κ1) is 15.4. The molecule has 3 N–H and O–H groups in total. The fourth-order valence-corrected chi connectivity index (χ4v) is 4.13. The number of ether oxygens (including phenoxy) is 3. The number of Topliss-reactive ketones (excluding diaryl/α,β-unsaturated/α-hetero) is 1. The highest BCUT2D eigenvalue weighted by Gasteiger charge is 3.10.